The molecule has 0 spiro atoms. The Kier molecular flexibility index (Phi) is 64.4. The van der Waals surface area contributed by atoms with Crippen molar-refractivity contribution in [3.63, 3.8) is 0 Å². The molecule has 0 aliphatic heterocycles. The fourth-order valence-corrected chi connectivity index (χ4v) is 8.46. The van der Waals surface area contributed by atoms with Crippen molar-refractivity contribution in [3.05, 3.63) is 182 Å². The molecule has 0 aromatic rings. The van der Waals surface area contributed by atoms with Gasteiger partial charge in [0.1, 0.15) is 13.2 Å². The van der Waals surface area contributed by atoms with Gasteiger partial charge in [0, 0.05) is 19.3 Å². The third-order valence-electron chi connectivity index (χ3n) is 13.4. The van der Waals surface area contributed by atoms with E-state index in [-0.39, 0.29) is 37.5 Å². The van der Waals surface area contributed by atoms with E-state index in [0.717, 1.165) is 167 Å². The lowest BCUT2D eigenvalue weighted by molar-refractivity contribution is -0.167. The highest BCUT2D eigenvalue weighted by Crippen LogP contribution is 2.13. The predicted molar refractivity (Wildman–Crippen MR) is 361 cm³/mol. The molecule has 83 heavy (non-hydrogen) atoms. The van der Waals surface area contributed by atoms with Crippen molar-refractivity contribution in [1.29, 1.82) is 0 Å². The van der Waals surface area contributed by atoms with Crippen molar-refractivity contribution in [2.45, 2.75) is 271 Å². The molecule has 0 radical (unpaired) electrons. The van der Waals surface area contributed by atoms with Crippen LogP contribution in [-0.2, 0) is 28.6 Å². The predicted octanol–water partition coefficient (Wildman–Crippen LogP) is 23.2. The van der Waals surface area contributed by atoms with Crippen LogP contribution in [0.2, 0.25) is 0 Å². The van der Waals surface area contributed by atoms with Gasteiger partial charge >= 0.3 is 17.9 Å². The van der Waals surface area contributed by atoms with Gasteiger partial charge in [-0.3, -0.25) is 14.4 Å². The molecule has 0 rings (SSSR count). The summed E-state index contributed by atoms with van der Waals surface area (Å²) >= 11 is 0. The van der Waals surface area contributed by atoms with Gasteiger partial charge in [-0.25, -0.2) is 0 Å². The molecule has 0 saturated heterocycles. The van der Waals surface area contributed by atoms with E-state index in [1.54, 1.807) is 0 Å². The second kappa shape index (κ2) is 69.0. The van der Waals surface area contributed by atoms with Crippen molar-refractivity contribution >= 4 is 17.9 Å². The molecule has 0 heterocycles. The number of hydrogen-bond acceptors (Lipinski definition) is 6. The number of unbranched alkanes of at least 4 members (excludes halogenated alkanes) is 17. The summed E-state index contributed by atoms with van der Waals surface area (Å²) < 4.78 is 16.9. The normalized spacial score (nSPS) is 13.3. The number of carbonyl (C=O) groups excluding carboxylic acids is 3. The average molecular weight is 1140 g/mol. The lowest BCUT2D eigenvalue weighted by Crippen LogP contribution is -2.30. The first-order valence-electron chi connectivity index (χ1n) is 33.3. The maximum absolute atomic E-state index is 12.9. The van der Waals surface area contributed by atoms with Crippen LogP contribution in [0.25, 0.3) is 0 Å². The van der Waals surface area contributed by atoms with E-state index >= 15 is 0 Å². The zero-order valence-electron chi connectivity index (χ0n) is 53.1. The minimum absolute atomic E-state index is 0.117. The van der Waals surface area contributed by atoms with E-state index in [4.69, 9.17) is 14.2 Å². The Labute approximate surface area is 510 Å². The first-order chi connectivity index (χ1) is 41.0. The van der Waals surface area contributed by atoms with Crippen LogP contribution >= 0.6 is 0 Å². The number of carbonyl (C=O) groups is 3. The quantitative estimate of drug-likeness (QED) is 0.0261. The van der Waals surface area contributed by atoms with Crippen LogP contribution in [0.1, 0.15) is 265 Å². The first-order valence-corrected chi connectivity index (χ1v) is 33.3. The maximum atomic E-state index is 12.9. The molecule has 0 aliphatic carbocycles. The van der Waals surface area contributed by atoms with Crippen molar-refractivity contribution in [2.75, 3.05) is 13.2 Å². The van der Waals surface area contributed by atoms with Gasteiger partial charge < -0.3 is 14.2 Å². The minimum Gasteiger partial charge on any atom is -0.462 e. The molecule has 0 bridgehead atoms. The summed E-state index contributed by atoms with van der Waals surface area (Å²) in [5, 5.41) is 0. The molecule has 0 fully saturated rings. The van der Waals surface area contributed by atoms with Gasteiger partial charge in [-0.15, -0.1) is 0 Å². The van der Waals surface area contributed by atoms with E-state index in [0.29, 0.717) is 19.3 Å². The molecule has 6 nitrogen and oxygen atoms in total. The molecule has 0 saturated carbocycles. The molecule has 0 amide bonds. The van der Waals surface area contributed by atoms with Crippen molar-refractivity contribution in [1.82, 2.24) is 0 Å². The highest BCUT2D eigenvalue weighted by Gasteiger charge is 2.19. The molecule has 0 aromatic carbocycles. The summed E-state index contributed by atoms with van der Waals surface area (Å²) in [5.41, 5.74) is 0. The summed E-state index contributed by atoms with van der Waals surface area (Å²) in [6.07, 6.45) is 103. The van der Waals surface area contributed by atoms with Gasteiger partial charge in [0.05, 0.1) is 0 Å². The molecule has 464 valence electrons. The van der Waals surface area contributed by atoms with Crippen LogP contribution in [0.4, 0.5) is 0 Å². The minimum atomic E-state index is -0.828. The van der Waals surface area contributed by atoms with E-state index in [1.165, 1.54) is 51.4 Å². The molecule has 0 aromatic heterocycles. The first kappa shape index (κ1) is 77.5. The summed E-state index contributed by atoms with van der Waals surface area (Å²) in [6.45, 7) is 6.34. The summed E-state index contributed by atoms with van der Waals surface area (Å²) in [5.74, 6) is -1.000. The van der Waals surface area contributed by atoms with Gasteiger partial charge in [0.2, 0.25) is 0 Å². The van der Waals surface area contributed by atoms with E-state index in [2.05, 4.69) is 203 Å². The number of ether oxygens (including phenoxy) is 3. The highest BCUT2D eigenvalue weighted by molar-refractivity contribution is 5.71. The largest absolute Gasteiger partial charge is 0.462 e. The highest BCUT2D eigenvalue weighted by atomic mass is 16.6. The van der Waals surface area contributed by atoms with E-state index in [9.17, 15) is 14.4 Å². The van der Waals surface area contributed by atoms with Crippen molar-refractivity contribution < 1.29 is 28.6 Å². The monoisotopic (exact) mass is 1140 g/mol. The molecular formula is C77H120O6. The Balaban J connectivity index is 4.52. The van der Waals surface area contributed by atoms with Gasteiger partial charge in [-0.1, -0.05) is 267 Å². The van der Waals surface area contributed by atoms with Crippen molar-refractivity contribution in [3.8, 4) is 0 Å². The maximum Gasteiger partial charge on any atom is 0.306 e. The van der Waals surface area contributed by atoms with E-state index in [1.807, 2.05) is 0 Å². The molecule has 1 unspecified atom stereocenters. The summed E-state index contributed by atoms with van der Waals surface area (Å²) in [4.78, 5) is 38.4. The molecule has 0 N–H and O–H groups in total. The zero-order valence-corrected chi connectivity index (χ0v) is 53.1. The Morgan fingerprint density at radius 3 is 0.771 bits per heavy atom. The lowest BCUT2D eigenvalue weighted by Gasteiger charge is -2.18. The summed E-state index contributed by atoms with van der Waals surface area (Å²) in [7, 11) is 0. The number of rotatable bonds is 58. The number of esters is 3. The third-order valence-corrected chi connectivity index (χ3v) is 13.4. The third kappa shape index (κ3) is 67.2. The van der Waals surface area contributed by atoms with Crippen LogP contribution in [0.3, 0.4) is 0 Å². The number of allylic oxidation sites excluding steroid dienone is 30. The van der Waals surface area contributed by atoms with Gasteiger partial charge in [0.15, 0.2) is 6.10 Å². The second-order valence-corrected chi connectivity index (χ2v) is 21.3. The zero-order chi connectivity index (χ0) is 59.9. The second-order valence-electron chi connectivity index (χ2n) is 21.3. The van der Waals surface area contributed by atoms with Gasteiger partial charge in [-0.05, 0) is 161 Å². The van der Waals surface area contributed by atoms with Gasteiger partial charge in [0.25, 0.3) is 0 Å². The van der Waals surface area contributed by atoms with Crippen molar-refractivity contribution in [2.24, 2.45) is 0 Å². The summed E-state index contributed by atoms with van der Waals surface area (Å²) in [6, 6.07) is 0. The van der Waals surface area contributed by atoms with E-state index < -0.39 is 6.10 Å². The molecule has 6 heteroatoms. The lowest BCUT2D eigenvalue weighted by atomic mass is 10.1. The fraction of sp³-hybridized carbons (Fsp3) is 0.571. The standard InChI is InChI=1S/C77H120O6/c1-4-7-10-13-16-19-22-25-28-30-32-34-35-36-37-38-39-40-41-43-44-46-49-52-55-58-61-64-67-70-76(79)82-73-74(72-81-75(78)69-66-63-60-57-54-51-48-27-24-21-18-15-12-9-6-3)83-77(80)71-68-65-62-59-56-53-50-47-45-42-33-31-29-26-23-20-17-14-11-8-5-2/h7-8,10-11,16-17,19-20,25-29,32-34,36-37,39-40,42-44,47-50,52,56,59,74H,4-6,9,12-15,18,21-24,30-31,35,38,41,45-46,51,53-55,57-58,60-73H2,1-3H3/b10-7-,11-8-,19-16-,20-17-,28-25-,29-26-,34-32-,37-36-,40-39-,42-33-,44-43-,48-27-,50-47-,52-49-,59-56-. The Hall–Kier alpha value is -5.49. The van der Waals surface area contributed by atoms with Crippen LogP contribution < -0.4 is 0 Å². The fourth-order valence-electron chi connectivity index (χ4n) is 8.46. The molecule has 0 aliphatic rings. The Morgan fingerprint density at radius 2 is 0.470 bits per heavy atom. The molecule has 1 atom stereocenters. The Morgan fingerprint density at radius 1 is 0.253 bits per heavy atom. The number of hydrogen-bond donors (Lipinski definition) is 0. The average Bonchev–Trinajstić information content (AvgIpc) is 3.49. The topological polar surface area (TPSA) is 78.9 Å². The SMILES string of the molecule is CC/C=C\C/C=C\C/C=C\C/C=C\C/C=C\C/C=C\C/C=C\C/C=C\CCCCCCC(=O)OCC(COC(=O)CCCCCCC/C=C\CCCCCCCC)OC(=O)CCCC/C=C\C/C=C\C/C=C\C/C=C\C/C=C\C/C=C\CC. The van der Waals surface area contributed by atoms with Gasteiger partial charge in [-0.2, -0.15) is 0 Å². The smallest absolute Gasteiger partial charge is 0.306 e. The van der Waals surface area contributed by atoms with Crippen LogP contribution in [0.5, 0.6) is 0 Å². The molecular weight excluding hydrogens is 1020 g/mol. The van der Waals surface area contributed by atoms with Crippen LogP contribution in [-0.4, -0.2) is 37.2 Å². The van der Waals surface area contributed by atoms with Crippen LogP contribution in [0, 0.1) is 0 Å². The Bertz CT molecular complexity index is 1940. The van der Waals surface area contributed by atoms with Crippen LogP contribution in [0.15, 0.2) is 182 Å².